The number of ether oxygens (including phenoxy) is 1. The van der Waals surface area contributed by atoms with Crippen LogP contribution in [0.15, 0.2) is 39.3 Å². The van der Waals surface area contributed by atoms with Crippen LogP contribution in [0.4, 0.5) is 0 Å². The fraction of sp³-hybridized carbons (Fsp3) is 0.235. The lowest BCUT2D eigenvalue weighted by Crippen LogP contribution is -2.32. The van der Waals surface area contributed by atoms with Gasteiger partial charge in [-0.25, -0.2) is 4.98 Å². The number of thioether (sulfide) groups is 1. The molecule has 8 nitrogen and oxygen atoms in total. The number of amides is 2. The summed E-state index contributed by atoms with van der Waals surface area (Å²) < 4.78 is 10.6. The van der Waals surface area contributed by atoms with Crippen LogP contribution in [-0.4, -0.2) is 39.9 Å². The maximum Gasteiger partial charge on any atom is 0.277 e. The third-order valence-electron chi connectivity index (χ3n) is 3.38. The zero-order valence-electron chi connectivity index (χ0n) is 14.6. The third kappa shape index (κ3) is 5.14. The standard InChI is InChI=1S/C17H16N4O4S2/c1-10-18-11(8-26-10)7-15-20-21-17(25-15)27-9-14(22)19-16(23)12-5-3-4-6-13(12)24-2/h3-6,8H,7,9H2,1-2H3,(H,19,22,23). The Bertz CT molecular complexity index is 954. The molecule has 0 spiro atoms. The molecule has 0 aliphatic rings. The number of carbonyl (C=O) groups is 2. The molecule has 1 N–H and O–H groups in total. The molecule has 27 heavy (non-hydrogen) atoms. The number of thiazole rings is 1. The highest BCUT2D eigenvalue weighted by molar-refractivity contribution is 7.99. The summed E-state index contributed by atoms with van der Waals surface area (Å²) in [5.74, 6) is -0.199. The van der Waals surface area contributed by atoms with Gasteiger partial charge in [-0.05, 0) is 19.1 Å². The lowest BCUT2D eigenvalue weighted by molar-refractivity contribution is -0.117. The van der Waals surface area contributed by atoms with Crippen LogP contribution >= 0.6 is 23.1 Å². The van der Waals surface area contributed by atoms with E-state index in [1.54, 1.807) is 35.6 Å². The van der Waals surface area contributed by atoms with Crippen molar-refractivity contribution in [1.82, 2.24) is 20.5 Å². The minimum atomic E-state index is -0.525. The molecular weight excluding hydrogens is 388 g/mol. The van der Waals surface area contributed by atoms with E-state index in [9.17, 15) is 9.59 Å². The molecule has 140 valence electrons. The van der Waals surface area contributed by atoms with E-state index in [4.69, 9.17) is 9.15 Å². The predicted octanol–water partition coefficient (Wildman–Crippen LogP) is 2.48. The topological polar surface area (TPSA) is 107 Å². The Hall–Kier alpha value is -2.72. The first-order valence-corrected chi connectivity index (χ1v) is 9.75. The van der Waals surface area contributed by atoms with E-state index in [0.717, 1.165) is 22.5 Å². The van der Waals surface area contributed by atoms with Crippen molar-refractivity contribution in [2.75, 3.05) is 12.9 Å². The molecule has 3 aromatic rings. The first-order valence-electron chi connectivity index (χ1n) is 7.88. The van der Waals surface area contributed by atoms with E-state index in [1.807, 2.05) is 12.3 Å². The van der Waals surface area contributed by atoms with Crippen molar-refractivity contribution in [3.8, 4) is 5.75 Å². The van der Waals surface area contributed by atoms with Gasteiger partial charge in [0.15, 0.2) is 0 Å². The Morgan fingerprint density at radius 2 is 2.11 bits per heavy atom. The number of carbonyl (C=O) groups excluding carboxylic acids is 2. The Morgan fingerprint density at radius 1 is 1.30 bits per heavy atom. The van der Waals surface area contributed by atoms with Crippen molar-refractivity contribution in [2.24, 2.45) is 0 Å². The van der Waals surface area contributed by atoms with Crippen LogP contribution < -0.4 is 10.1 Å². The quantitative estimate of drug-likeness (QED) is 0.599. The lowest BCUT2D eigenvalue weighted by Gasteiger charge is -2.07. The number of nitrogens with zero attached hydrogens (tertiary/aromatic N) is 3. The molecule has 0 aliphatic heterocycles. The van der Waals surface area contributed by atoms with E-state index in [0.29, 0.717) is 18.1 Å². The monoisotopic (exact) mass is 404 g/mol. The molecule has 1 aromatic carbocycles. The van der Waals surface area contributed by atoms with E-state index < -0.39 is 11.8 Å². The molecule has 2 amide bonds. The Labute approximate surface area is 163 Å². The van der Waals surface area contributed by atoms with Crippen molar-refractivity contribution in [1.29, 1.82) is 0 Å². The fourth-order valence-corrected chi connectivity index (χ4v) is 3.39. The van der Waals surface area contributed by atoms with E-state index in [-0.39, 0.29) is 16.5 Å². The van der Waals surface area contributed by atoms with E-state index in [1.165, 1.54) is 7.11 Å². The second kappa shape index (κ2) is 8.78. The number of imide groups is 1. The summed E-state index contributed by atoms with van der Waals surface area (Å²) in [6.45, 7) is 1.92. The van der Waals surface area contributed by atoms with E-state index in [2.05, 4.69) is 20.5 Å². The number of para-hydroxylation sites is 1. The van der Waals surface area contributed by atoms with Crippen molar-refractivity contribution in [2.45, 2.75) is 18.6 Å². The normalized spacial score (nSPS) is 10.6. The van der Waals surface area contributed by atoms with Crippen LogP contribution in [0.5, 0.6) is 5.75 Å². The highest BCUT2D eigenvalue weighted by Gasteiger charge is 2.16. The average molecular weight is 404 g/mol. The second-order valence-corrected chi connectivity index (χ2v) is 7.35. The molecule has 0 saturated heterocycles. The van der Waals surface area contributed by atoms with Gasteiger partial charge in [0, 0.05) is 5.38 Å². The van der Waals surface area contributed by atoms with Crippen LogP contribution in [0, 0.1) is 6.92 Å². The molecule has 2 aromatic heterocycles. The Morgan fingerprint density at radius 3 is 2.85 bits per heavy atom. The molecule has 2 heterocycles. The zero-order chi connectivity index (χ0) is 19.2. The molecule has 0 aliphatic carbocycles. The molecule has 0 unspecified atom stereocenters. The van der Waals surface area contributed by atoms with Crippen molar-refractivity contribution in [3.05, 3.63) is 51.8 Å². The Balaban J connectivity index is 1.51. The van der Waals surface area contributed by atoms with Crippen LogP contribution in [0.25, 0.3) is 0 Å². The summed E-state index contributed by atoms with van der Waals surface area (Å²) >= 11 is 2.61. The van der Waals surface area contributed by atoms with Gasteiger partial charge in [0.25, 0.3) is 11.1 Å². The first-order chi connectivity index (χ1) is 13.0. The van der Waals surface area contributed by atoms with Gasteiger partial charge in [-0.15, -0.1) is 21.5 Å². The van der Waals surface area contributed by atoms with Gasteiger partial charge in [-0.1, -0.05) is 23.9 Å². The number of hydrogen-bond acceptors (Lipinski definition) is 9. The second-order valence-electron chi connectivity index (χ2n) is 5.36. The van der Waals surface area contributed by atoms with Gasteiger partial charge in [0.2, 0.25) is 11.8 Å². The number of aryl methyl sites for hydroxylation is 1. The third-order valence-corrected chi connectivity index (χ3v) is 5.02. The molecular formula is C17H16N4O4S2. The van der Waals surface area contributed by atoms with Crippen LogP contribution in [0.2, 0.25) is 0 Å². The maximum absolute atomic E-state index is 12.2. The number of aromatic nitrogens is 3. The maximum atomic E-state index is 12.2. The van der Waals surface area contributed by atoms with Gasteiger partial charge in [0.05, 0.1) is 35.5 Å². The van der Waals surface area contributed by atoms with E-state index >= 15 is 0 Å². The smallest absolute Gasteiger partial charge is 0.277 e. The molecule has 0 radical (unpaired) electrons. The molecule has 3 rings (SSSR count). The van der Waals surface area contributed by atoms with Crippen molar-refractivity contribution >= 4 is 34.9 Å². The molecule has 0 bridgehead atoms. The summed E-state index contributed by atoms with van der Waals surface area (Å²) in [5.41, 5.74) is 1.15. The molecule has 0 atom stereocenters. The van der Waals surface area contributed by atoms with Crippen molar-refractivity contribution < 1.29 is 18.7 Å². The number of rotatable bonds is 7. The minimum absolute atomic E-state index is 0.0294. The SMILES string of the molecule is COc1ccccc1C(=O)NC(=O)CSc1nnc(Cc2csc(C)n2)o1. The Kier molecular flexibility index (Phi) is 6.20. The number of hydrogen-bond donors (Lipinski definition) is 1. The fourth-order valence-electron chi connectivity index (χ4n) is 2.20. The number of benzene rings is 1. The molecule has 0 saturated carbocycles. The van der Waals surface area contributed by atoms with Gasteiger partial charge < -0.3 is 9.15 Å². The molecule has 0 fully saturated rings. The highest BCUT2D eigenvalue weighted by atomic mass is 32.2. The molecule has 10 heteroatoms. The van der Waals surface area contributed by atoms with Crippen LogP contribution in [0.3, 0.4) is 0 Å². The van der Waals surface area contributed by atoms with Gasteiger partial charge in [0.1, 0.15) is 5.75 Å². The summed E-state index contributed by atoms with van der Waals surface area (Å²) in [7, 11) is 1.46. The van der Waals surface area contributed by atoms with Crippen molar-refractivity contribution in [3.63, 3.8) is 0 Å². The summed E-state index contributed by atoms with van der Waals surface area (Å²) in [6, 6.07) is 6.67. The average Bonchev–Trinajstić information content (AvgIpc) is 3.29. The lowest BCUT2D eigenvalue weighted by atomic mass is 10.2. The summed E-state index contributed by atoms with van der Waals surface area (Å²) in [4.78, 5) is 28.5. The number of nitrogens with one attached hydrogen (secondary N) is 1. The largest absolute Gasteiger partial charge is 0.496 e. The minimum Gasteiger partial charge on any atom is -0.496 e. The highest BCUT2D eigenvalue weighted by Crippen LogP contribution is 2.19. The van der Waals surface area contributed by atoms with Crippen LogP contribution in [-0.2, 0) is 11.2 Å². The van der Waals surface area contributed by atoms with Gasteiger partial charge in [-0.2, -0.15) is 0 Å². The zero-order valence-corrected chi connectivity index (χ0v) is 16.2. The summed E-state index contributed by atoms with van der Waals surface area (Å²) in [5, 5.41) is 13.3. The summed E-state index contributed by atoms with van der Waals surface area (Å²) in [6.07, 6.45) is 0.441. The number of methoxy groups -OCH3 is 1. The van der Waals surface area contributed by atoms with Gasteiger partial charge >= 0.3 is 0 Å². The van der Waals surface area contributed by atoms with Crippen LogP contribution in [0.1, 0.15) is 27.0 Å². The predicted molar refractivity (Wildman–Crippen MR) is 100 cm³/mol. The first kappa shape index (κ1) is 19.1. The van der Waals surface area contributed by atoms with Gasteiger partial charge in [-0.3, -0.25) is 14.9 Å².